The molecule has 2 atom stereocenters. The summed E-state index contributed by atoms with van der Waals surface area (Å²) in [5, 5.41) is 0. The molecule has 0 aromatic heterocycles. The number of hydrogen-bond donors (Lipinski definition) is 1. The van der Waals surface area contributed by atoms with Crippen molar-refractivity contribution in [1.29, 1.82) is 0 Å². The average molecular weight is 199 g/mol. The summed E-state index contributed by atoms with van der Waals surface area (Å²) in [5.74, 6) is 0.910. The molecule has 14 heavy (non-hydrogen) atoms. The second kappa shape index (κ2) is 5.69. The Hall–Kier alpha value is -0.120. The first-order chi connectivity index (χ1) is 6.63. The quantitative estimate of drug-likeness (QED) is 0.704. The predicted octanol–water partition coefficient (Wildman–Crippen LogP) is 0.607. The van der Waals surface area contributed by atoms with Crippen LogP contribution >= 0.6 is 0 Å². The molecule has 2 N–H and O–H groups in total. The molecule has 0 bridgehead atoms. The van der Waals surface area contributed by atoms with Crippen molar-refractivity contribution in [3.63, 3.8) is 0 Å². The van der Waals surface area contributed by atoms with Crippen molar-refractivity contribution in [3.8, 4) is 0 Å². The number of nitrogens with two attached hydrogens (primary N) is 1. The number of nitrogens with zero attached hydrogens (tertiary/aromatic N) is 2. The van der Waals surface area contributed by atoms with Gasteiger partial charge in [-0.25, -0.2) is 0 Å². The van der Waals surface area contributed by atoms with Crippen LogP contribution in [0.5, 0.6) is 0 Å². The molecule has 1 fully saturated rings. The van der Waals surface area contributed by atoms with E-state index in [0.29, 0.717) is 6.04 Å². The lowest BCUT2D eigenvalue weighted by molar-refractivity contribution is 0.241. The maximum Gasteiger partial charge on any atom is 0.0187 e. The normalized spacial score (nSPS) is 25.9. The summed E-state index contributed by atoms with van der Waals surface area (Å²) in [6.45, 7) is 6.71. The van der Waals surface area contributed by atoms with Gasteiger partial charge in [0.05, 0.1) is 0 Å². The van der Waals surface area contributed by atoms with Crippen LogP contribution in [0.25, 0.3) is 0 Å². The van der Waals surface area contributed by atoms with Crippen molar-refractivity contribution in [1.82, 2.24) is 9.80 Å². The summed E-state index contributed by atoms with van der Waals surface area (Å²) in [6.07, 6.45) is 2.70. The summed E-state index contributed by atoms with van der Waals surface area (Å²) in [6, 6.07) is 0.522. The molecule has 0 spiro atoms. The van der Waals surface area contributed by atoms with E-state index in [1.165, 1.54) is 32.5 Å². The first-order valence-corrected chi connectivity index (χ1v) is 5.72. The smallest absolute Gasteiger partial charge is 0.0187 e. The van der Waals surface area contributed by atoms with Crippen LogP contribution in [0.4, 0.5) is 0 Å². The summed E-state index contributed by atoms with van der Waals surface area (Å²) in [5.41, 5.74) is 5.63. The van der Waals surface area contributed by atoms with Crippen LogP contribution in [0, 0.1) is 5.92 Å². The third-order valence-corrected chi connectivity index (χ3v) is 3.47. The van der Waals surface area contributed by atoms with Gasteiger partial charge in [-0.2, -0.15) is 0 Å². The minimum Gasteiger partial charge on any atom is -0.329 e. The summed E-state index contributed by atoms with van der Waals surface area (Å²) in [4.78, 5) is 4.80. The van der Waals surface area contributed by atoms with Crippen molar-refractivity contribution in [2.75, 3.05) is 40.3 Å². The molecule has 2 unspecified atom stereocenters. The van der Waals surface area contributed by atoms with E-state index in [9.17, 15) is 0 Å². The third-order valence-electron chi connectivity index (χ3n) is 3.47. The molecule has 0 aliphatic carbocycles. The monoisotopic (exact) mass is 199 g/mol. The van der Waals surface area contributed by atoms with Crippen LogP contribution in [0.1, 0.15) is 19.8 Å². The van der Waals surface area contributed by atoms with E-state index in [-0.39, 0.29) is 0 Å². The van der Waals surface area contributed by atoms with Gasteiger partial charge in [0.25, 0.3) is 0 Å². The highest BCUT2D eigenvalue weighted by atomic mass is 15.1. The molecule has 3 nitrogen and oxygen atoms in total. The Morgan fingerprint density at radius 2 is 2.29 bits per heavy atom. The van der Waals surface area contributed by atoms with Crippen molar-refractivity contribution >= 4 is 0 Å². The third kappa shape index (κ3) is 3.56. The lowest BCUT2D eigenvalue weighted by atomic mass is 10.0. The Labute approximate surface area is 88.2 Å². The SMILES string of the molecule is CC(CN)N(C)CCC1CCN(C)C1. The Morgan fingerprint density at radius 1 is 1.57 bits per heavy atom. The van der Waals surface area contributed by atoms with Gasteiger partial charge >= 0.3 is 0 Å². The summed E-state index contributed by atoms with van der Waals surface area (Å²) < 4.78 is 0. The van der Waals surface area contributed by atoms with E-state index in [1.807, 2.05) is 0 Å². The van der Waals surface area contributed by atoms with Crippen LogP contribution in [-0.4, -0.2) is 56.1 Å². The zero-order valence-corrected chi connectivity index (χ0v) is 9.87. The molecule has 0 amide bonds. The van der Waals surface area contributed by atoms with Gasteiger partial charge in [0.2, 0.25) is 0 Å². The fourth-order valence-corrected chi connectivity index (χ4v) is 2.05. The van der Waals surface area contributed by atoms with E-state index in [4.69, 9.17) is 5.73 Å². The molecule has 3 heteroatoms. The van der Waals surface area contributed by atoms with Crippen LogP contribution < -0.4 is 5.73 Å². The van der Waals surface area contributed by atoms with Gasteiger partial charge in [0.15, 0.2) is 0 Å². The van der Waals surface area contributed by atoms with Crippen molar-refractivity contribution in [2.45, 2.75) is 25.8 Å². The van der Waals surface area contributed by atoms with Crippen LogP contribution in [0.3, 0.4) is 0 Å². The van der Waals surface area contributed by atoms with Gasteiger partial charge in [-0.05, 0) is 52.9 Å². The van der Waals surface area contributed by atoms with Crippen LogP contribution in [0.2, 0.25) is 0 Å². The van der Waals surface area contributed by atoms with Gasteiger partial charge in [-0.1, -0.05) is 0 Å². The molecule has 1 rings (SSSR count). The number of likely N-dealkylation sites (N-methyl/N-ethyl adjacent to an activating group) is 1. The highest BCUT2D eigenvalue weighted by Crippen LogP contribution is 2.18. The van der Waals surface area contributed by atoms with Gasteiger partial charge < -0.3 is 15.5 Å². The minimum atomic E-state index is 0.522. The lowest BCUT2D eigenvalue weighted by Crippen LogP contribution is -2.36. The molecule has 1 aliphatic heterocycles. The molecule has 84 valence electrons. The summed E-state index contributed by atoms with van der Waals surface area (Å²) in [7, 11) is 4.39. The Kier molecular flexibility index (Phi) is 4.85. The fraction of sp³-hybridized carbons (Fsp3) is 1.00. The largest absolute Gasteiger partial charge is 0.329 e. The van der Waals surface area contributed by atoms with Crippen molar-refractivity contribution in [3.05, 3.63) is 0 Å². The Morgan fingerprint density at radius 3 is 2.79 bits per heavy atom. The van der Waals surface area contributed by atoms with E-state index in [1.54, 1.807) is 0 Å². The van der Waals surface area contributed by atoms with E-state index in [2.05, 4.69) is 30.8 Å². The molecule has 0 saturated carbocycles. The minimum absolute atomic E-state index is 0.522. The maximum absolute atomic E-state index is 5.63. The highest BCUT2D eigenvalue weighted by molar-refractivity contribution is 4.74. The zero-order chi connectivity index (χ0) is 10.6. The zero-order valence-electron chi connectivity index (χ0n) is 9.87. The van der Waals surface area contributed by atoms with Gasteiger partial charge in [-0.15, -0.1) is 0 Å². The van der Waals surface area contributed by atoms with Crippen LogP contribution in [0.15, 0.2) is 0 Å². The van der Waals surface area contributed by atoms with Crippen molar-refractivity contribution in [2.24, 2.45) is 11.7 Å². The van der Waals surface area contributed by atoms with Gasteiger partial charge in [-0.3, -0.25) is 0 Å². The Bertz CT molecular complexity index is 159. The molecule has 1 saturated heterocycles. The molecular formula is C11H25N3. The number of likely N-dealkylation sites (tertiary alicyclic amines) is 1. The molecule has 1 aliphatic rings. The summed E-state index contributed by atoms with van der Waals surface area (Å²) >= 11 is 0. The number of hydrogen-bond acceptors (Lipinski definition) is 3. The second-order valence-electron chi connectivity index (χ2n) is 4.77. The number of rotatable bonds is 5. The lowest BCUT2D eigenvalue weighted by Gasteiger charge is -2.24. The molecule has 1 heterocycles. The van der Waals surface area contributed by atoms with E-state index in [0.717, 1.165) is 12.5 Å². The average Bonchev–Trinajstić information content (AvgIpc) is 2.59. The van der Waals surface area contributed by atoms with Crippen LogP contribution in [-0.2, 0) is 0 Å². The fourth-order valence-electron chi connectivity index (χ4n) is 2.05. The van der Waals surface area contributed by atoms with Crippen molar-refractivity contribution < 1.29 is 0 Å². The second-order valence-corrected chi connectivity index (χ2v) is 4.77. The standard InChI is InChI=1S/C11H25N3/c1-10(8-12)14(3)7-5-11-4-6-13(2)9-11/h10-11H,4-9,12H2,1-3H3. The molecular weight excluding hydrogens is 174 g/mol. The van der Waals surface area contributed by atoms with E-state index >= 15 is 0 Å². The molecule has 0 aromatic carbocycles. The molecule has 0 radical (unpaired) electrons. The van der Waals surface area contributed by atoms with Gasteiger partial charge in [0, 0.05) is 19.1 Å². The topological polar surface area (TPSA) is 32.5 Å². The highest BCUT2D eigenvalue weighted by Gasteiger charge is 2.19. The predicted molar refractivity (Wildman–Crippen MR) is 61.4 cm³/mol. The van der Waals surface area contributed by atoms with E-state index < -0.39 is 0 Å². The Balaban J connectivity index is 2.14. The molecule has 0 aromatic rings. The maximum atomic E-state index is 5.63. The first-order valence-electron chi connectivity index (χ1n) is 5.72. The van der Waals surface area contributed by atoms with Gasteiger partial charge in [0.1, 0.15) is 0 Å². The first kappa shape index (κ1) is 12.0.